The molecule has 148 valence electrons. The summed E-state index contributed by atoms with van der Waals surface area (Å²) in [6.45, 7) is 2.89. The van der Waals surface area contributed by atoms with Crippen molar-refractivity contribution < 1.29 is 9.53 Å². The van der Waals surface area contributed by atoms with Crippen LogP contribution in [0.1, 0.15) is 16.8 Å². The molecule has 0 spiro atoms. The van der Waals surface area contributed by atoms with E-state index in [1.807, 2.05) is 77.7 Å². The molecule has 4 rings (SSSR count). The van der Waals surface area contributed by atoms with Crippen molar-refractivity contribution in [1.29, 1.82) is 0 Å². The van der Waals surface area contributed by atoms with Gasteiger partial charge in [-0.05, 0) is 29.3 Å². The van der Waals surface area contributed by atoms with E-state index < -0.39 is 0 Å². The molecule has 0 saturated carbocycles. The third-order valence-electron chi connectivity index (χ3n) is 5.32. The van der Waals surface area contributed by atoms with Crippen LogP contribution in [0.5, 0.6) is 5.75 Å². The Morgan fingerprint density at radius 2 is 1.62 bits per heavy atom. The molecule has 1 atom stereocenters. The largest absolute Gasteiger partial charge is 0.494 e. The van der Waals surface area contributed by atoms with Crippen LogP contribution in [0.4, 0.5) is 0 Å². The minimum atomic E-state index is 0.0932. The zero-order chi connectivity index (χ0) is 19.9. The van der Waals surface area contributed by atoms with E-state index in [4.69, 9.17) is 4.74 Å². The number of nitrogens with zero attached hydrogens (tertiary/aromatic N) is 1. The highest BCUT2D eigenvalue weighted by molar-refractivity contribution is 6.01. The van der Waals surface area contributed by atoms with Gasteiger partial charge in [-0.2, -0.15) is 0 Å². The average Bonchev–Trinajstić information content (AvgIpc) is 2.80. The van der Waals surface area contributed by atoms with Crippen molar-refractivity contribution in [3.63, 3.8) is 0 Å². The summed E-state index contributed by atoms with van der Waals surface area (Å²) in [7, 11) is 0. The third kappa shape index (κ3) is 4.66. The van der Waals surface area contributed by atoms with Crippen LogP contribution in [0.15, 0.2) is 84.9 Å². The summed E-state index contributed by atoms with van der Waals surface area (Å²) < 4.78 is 5.87. The van der Waals surface area contributed by atoms with Gasteiger partial charge in [0.15, 0.2) is 0 Å². The zero-order valence-corrected chi connectivity index (χ0v) is 16.5. The minimum absolute atomic E-state index is 0.0932. The number of hydrogen-bond acceptors (Lipinski definition) is 3. The van der Waals surface area contributed by atoms with Gasteiger partial charge in [-0.1, -0.05) is 66.7 Å². The number of carbonyl (C=O) groups is 1. The smallest absolute Gasteiger partial charge is 0.254 e. The van der Waals surface area contributed by atoms with Gasteiger partial charge in [0.1, 0.15) is 5.75 Å². The van der Waals surface area contributed by atoms with Gasteiger partial charge >= 0.3 is 0 Å². The van der Waals surface area contributed by atoms with Crippen molar-refractivity contribution in [3.8, 4) is 16.9 Å². The highest BCUT2D eigenvalue weighted by Crippen LogP contribution is 2.26. The summed E-state index contributed by atoms with van der Waals surface area (Å²) in [5.74, 6) is 0.958. The Kier molecular flexibility index (Phi) is 6.22. The summed E-state index contributed by atoms with van der Waals surface area (Å²) in [6, 6.07) is 27.9. The Bertz CT molecular complexity index is 928. The van der Waals surface area contributed by atoms with Gasteiger partial charge in [0.2, 0.25) is 0 Å². The van der Waals surface area contributed by atoms with E-state index in [9.17, 15) is 4.79 Å². The van der Waals surface area contributed by atoms with Crippen LogP contribution in [-0.4, -0.2) is 43.1 Å². The summed E-state index contributed by atoms with van der Waals surface area (Å²) >= 11 is 0. The molecule has 0 aromatic heterocycles. The molecule has 29 heavy (non-hydrogen) atoms. The second-order valence-corrected chi connectivity index (χ2v) is 7.22. The Balaban J connectivity index is 1.49. The molecule has 3 aromatic rings. The number of hydrogen-bond donors (Lipinski definition) is 1. The Labute approximate surface area is 172 Å². The highest BCUT2D eigenvalue weighted by atomic mass is 16.5. The first-order valence-corrected chi connectivity index (χ1v) is 10.2. The normalized spacial score (nSPS) is 16.4. The first-order chi connectivity index (χ1) is 14.3. The van der Waals surface area contributed by atoms with E-state index in [1.165, 1.54) is 0 Å². The monoisotopic (exact) mass is 386 g/mol. The highest BCUT2D eigenvalue weighted by Gasteiger charge is 2.28. The maximum atomic E-state index is 13.5. The van der Waals surface area contributed by atoms with Crippen molar-refractivity contribution >= 4 is 5.91 Å². The molecule has 1 fully saturated rings. The Morgan fingerprint density at radius 3 is 2.41 bits per heavy atom. The van der Waals surface area contributed by atoms with Crippen LogP contribution in [0, 0.1) is 0 Å². The quantitative estimate of drug-likeness (QED) is 0.689. The lowest BCUT2D eigenvalue weighted by Crippen LogP contribution is -2.54. The molecular weight excluding hydrogens is 360 g/mol. The van der Waals surface area contributed by atoms with Gasteiger partial charge in [-0.15, -0.1) is 0 Å². The molecule has 3 aromatic carbocycles. The Hall–Kier alpha value is -3.11. The van der Waals surface area contributed by atoms with Crippen molar-refractivity contribution in [2.24, 2.45) is 0 Å². The third-order valence-corrected chi connectivity index (χ3v) is 5.32. The van der Waals surface area contributed by atoms with E-state index >= 15 is 0 Å². The van der Waals surface area contributed by atoms with E-state index in [0.717, 1.165) is 42.0 Å². The number of para-hydroxylation sites is 1. The first-order valence-electron chi connectivity index (χ1n) is 10.2. The molecule has 0 bridgehead atoms. The van der Waals surface area contributed by atoms with E-state index in [1.54, 1.807) is 0 Å². The summed E-state index contributed by atoms with van der Waals surface area (Å²) in [5, 5.41) is 3.42. The van der Waals surface area contributed by atoms with Crippen LogP contribution in [0.25, 0.3) is 11.1 Å². The second-order valence-electron chi connectivity index (χ2n) is 7.22. The number of piperazine rings is 1. The van der Waals surface area contributed by atoms with Crippen LogP contribution in [0.2, 0.25) is 0 Å². The Morgan fingerprint density at radius 1 is 0.931 bits per heavy atom. The van der Waals surface area contributed by atoms with Crippen LogP contribution in [-0.2, 0) is 0 Å². The number of ether oxygens (including phenoxy) is 1. The van der Waals surface area contributed by atoms with Crippen LogP contribution >= 0.6 is 0 Å². The molecule has 1 aliphatic rings. The summed E-state index contributed by atoms with van der Waals surface area (Å²) in [4.78, 5) is 15.5. The van der Waals surface area contributed by atoms with Gasteiger partial charge in [0, 0.05) is 37.7 Å². The molecule has 1 heterocycles. The molecule has 1 N–H and O–H groups in total. The predicted octanol–water partition coefficient (Wildman–Crippen LogP) is 4.24. The number of amides is 1. The fourth-order valence-electron chi connectivity index (χ4n) is 3.81. The van der Waals surface area contributed by atoms with Gasteiger partial charge in [-0.25, -0.2) is 0 Å². The lowest BCUT2D eigenvalue weighted by Gasteiger charge is -2.36. The van der Waals surface area contributed by atoms with Crippen molar-refractivity contribution in [2.45, 2.75) is 12.5 Å². The molecule has 0 radical (unpaired) electrons. The topological polar surface area (TPSA) is 41.6 Å². The van der Waals surface area contributed by atoms with Crippen molar-refractivity contribution in [2.75, 3.05) is 26.2 Å². The number of rotatable bonds is 6. The van der Waals surface area contributed by atoms with E-state index in [2.05, 4.69) is 17.4 Å². The number of benzene rings is 3. The molecule has 1 amide bonds. The SMILES string of the molecule is O=C(c1ccccc1-c1ccccc1)N1CCNCC1CCOc1ccccc1. The first kappa shape index (κ1) is 19.2. The maximum Gasteiger partial charge on any atom is 0.254 e. The van der Waals surface area contributed by atoms with Crippen molar-refractivity contribution in [3.05, 3.63) is 90.5 Å². The molecule has 1 saturated heterocycles. The van der Waals surface area contributed by atoms with Crippen molar-refractivity contribution in [1.82, 2.24) is 10.2 Å². The van der Waals surface area contributed by atoms with Gasteiger partial charge in [-0.3, -0.25) is 4.79 Å². The fraction of sp³-hybridized carbons (Fsp3) is 0.240. The zero-order valence-electron chi connectivity index (χ0n) is 16.5. The predicted molar refractivity (Wildman–Crippen MR) is 116 cm³/mol. The fourth-order valence-corrected chi connectivity index (χ4v) is 3.81. The van der Waals surface area contributed by atoms with Gasteiger partial charge in [0.05, 0.1) is 6.61 Å². The molecular formula is C25H26N2O2. The van der Waals surface area contributed by atoms with Gasteiger partial charge in [0.25, 0.3) is 5.91 Å². The summed E-state index contributed by atoms with van der Waals surface area (Å²) in [5.41, 5.74) is 2.81. The lowest BCUT2D eigenvalue weighted by molar-refractivity contribution is 0.0607. The number of nitrogens with one attached hydrogen (secondary N) is 1. The average molecular weight is 386 g/mol. The van der Waals surface area contributed by atoms with Crippen LogP contribution < -0.4 is 10.1 Å². The molecule has 1 unspecified atom stereocenters. The molecule has 0 aliphatic carbocycles. The minimum Gasteiger partial charge on any atom is -0.494 e. The van der Waals surface area contributed by atoms with E-state index in [-0.39, 0.29) is 11.9 Å². The number of carbonyl (C=O) groups excluding carboxylic acids is 1. The van der Waals surface area contributed by atoms with Gasteiger partial charge < -0.3 is 15.0 Å². The molecule has 1 aliphatic heterocycles. The second kappa shape index (κ2) is 9.39. The molecule has 4 heteroatoms. The van der Waals surface area contributed by atoms with E-state index in [0.29, 0.717) is 13.2 Å². The maximum absolute atomic E-state index is 13.5. The summed E-state index contributed by atoms with van der Waals surface area (Å²) in [6.07, 6.45) is 0.793. The van der Waals surface area contributed by atoms with Crippen LogP contribution in [0.3, 0.4) is 0 Å². The molecule has 4 nitrogen and oxygen atoms in total. The lowest BCUT2D eigenvalue weighted by atomic mass is 9.98. The standard InChI is InChI=1S/C25H26N2O2/c28-25(24-14-8-7-13-23(24)20-9-3-1-4-10-20)27-17-16-26-19-21(27)15-18-29-22-11-5-2-6-12-22/h1-14,21,26H,15-19H2.